The molecule has 0 spiro atoms. The minimum atomic E-state index is 1.01. The number of unbranched alkanes of at least 4 members (excludes halogenated alkanes) is 4. The quantitative estimate of drug-likeness (QED) is 0.191. The first-order valence-electron chi connectivity index (χ1n) is 15.5. The van der Waals surface area contributed by atoms with Crippen molar-refractivity contribution in [2.24, 2.45) is 0 Å². The molecule has 0 aliphatic heterocycles. The highest BCUT2D eigenvalue weighted by molar-refractivity contribution is 5.54. The fourth-order valence-electron chi connectivity index (χ4n) is 4.57. The molecule has 0 saturated heterocycles. The molecular weight excluding hydrogens is 484 g/mol. The number of benzene rings is 3. The lowest BCUT2D eigenvalue weighted by Gasteiger charge is -2.24. The normalized spacial score (nSPS) is 10.3. The first kappa shape index (κ1) is 30.9. The van der Waals surface area contributed by atoms with Crippen LogP contribution in [0.5, 0.6) is 0 Å². The highest BCUT2D eigenvalue weighted by Gasteiger charge is 2.06. The maximum Gasteiger partial charge on any atom is 0.0367 e. The Bertz CT molecular complexity index is 1120. The zero-order valence-corrected chi connectivity index (χ0v) is 25.3. The minimum Gasteiger partial charge on any atom is -0.372 e. The third-order valence-corrected chi connectivity index (χ3v) is 7.18. The predicted octanol–water partition coefficient (Wildman–Crippen LogP) is 9.30. The van der Waals surface area contributed by atoms with Gasteiger partial charge >= 0.3 is 0 Å². The molecule has 0 bridgehead atoms. The van der Waals surface area contributed by atoms with Crippen molar-refractivity contribution in [3.63, 3.8) is 0 Å². The second-order valence-corrected chi connectivity index (χ2v) is 10.6. The largest absolute Gasteiger partial charge is 0.372 e. The number of hydrogen-bond donors (Lipinski definition) is 0. The topological polar surface area (TPSA) is 6.48 Å². The lowest BCUT2D eigenvalue weighted by molar-refractivity contribution is 0.678. The summed E-state index contributed by atoms with van der Waals surface area (Å²) in [4.78, 5) is 5.02. The van der Waals surface area contributed by atoms with Gasteiger partial charge in [0.25, 0.3) is 0 Å². The van der Waals surface area contributed by atoms with Crippen LogP contribution in [0.15, 0.2) is 72.8 Å². The van der Waals surface area contributed by atoms with Gasteiger partial charge in [-0.1, -0.05) is 77.1 Å². The highest BCUT2D eigenvalue weighted by Crippen LogP contribution is 2.18. The van der Waals surface area contributed by atoms with E-state index in [9.17, 15) is 0 Å². The smallest absolute Gasteiger partial charge is 0.0367 e. The summed E-state index contributed by atoms with van der Waals surface area (Å²) in [5, 5.41) is 0. The maximum absolute atomic E-state index is 3.32. The molecule has 2 nitrogen and oxygen atoms in total. The van der Waals surface area contributed by atoms with Gasteiger partial charge in [-0.25, -0.2) is 0 Å². The monoisotopic (exact) mass is 532 g/mol. The summed E-state index contributed by atoms with van der Waals surface area (Å²) in [5.41, 5.74) is 6.71. The molecule has 2 heteroatoms. The molecule has 0 aliphatic carbocycles. The molecule has 0 N–H and O–H groups in total. The molecule has 0 heterocycles. The first-order valence-corrected chi connectivity index (χ1v) is 15.5. The molecule has 0 aromatic heterocycles. The van der Waals surface area contributed by atoms with Gasteiger partial charge in [-0.15, -0.1) is 0 Å². The van der Waals surface area contributed by atoms with Crippen molar-refractivity contribution in [2.75, 3.05) is 36.0 Å². The first-order chi connectivity index (χ1) is 19.7. The molecular formula is C38H48N2. The maximum atomic E-state index is 3.32. The third kappa shape index (κ3) is 10.5. The van der Waals surface area contributed by atoms with Crippen LogP contribution in [-0.4, -0.2) is 26.2 Å². The Balaban J connectivity index is 1.60. The van der Waals surface area contributed by atoms with Crippen molar-refractivity contribution in [2.45, 2.75) is 79.1 Å². The fourth-order valence-corrected chi connectivity index (χ4v) is 4.57. The van der Waals surface area contributed by atoms with Gasteiger partial charge in [-0.3, -0.25) is 0 Å². The van der Waals surface area contributed by atoms with Crippen LogP contribution in [0.25, 0.3) is 0 Å². The van der Waals surface area contributed by atoms with E-state index in [0.29, 0.717) is 0 Å². The van der Waals surface area contributed by atoms with Crippen molar-refractivity contribution >= 4 is 11.4 Å². The van der Waals surface area contributed by atoms with Crippen molar-refractivity contribution in [1.82, 2.24) is 0 Å². The van der Waals surface area contributed by atoms with Gasteiger partial charge in [-0.2, -0.15) is 0 Å². The summed E-state index contributed by atoms with van der Waals surface area (Å²) in [7, 11) is 0. The Morgan fingerprint density at radius 3 is 0.825 bits per heavy atom. The van der Waals surface area contributed by atoms with Crippen LogP contribution >= 0.6 is 0 Å². The van der Waals surface area contributed by atoms with Gasteiger partial charge in [0.15, 0.2) is 0 Å². The summed E-state index contributed by atoms with van der Waals surface area (Å²) in [6, 6.07) is 25.7. The minimum absolute atomic E-state index is 1.01. The van der Waals surface area contributed by atoms with E-state index in [2.05, 4.69) is 134 Å². The molecule has 0 aliphatic rings. The second kappa shape index (κ2) is 17.9. The molecule has 0 fully saturated rings. The molecule has 0 atom stereocenters. The number of anilines is 2. The van der Waals surface area contributed by atoms with Crippen LogP contribution in [-0.2, 0) is 0 Å². The van der Waals surface area contributed by atoms with Crippen molar-refractivity contribution in [1.29, 1.82) is 0 Å². The zero-order valence-electron chi connectivity index (χ0n) is 25.3. The zero-order chi connectivity index (χ0) is 28.4. The molecule has 3 aromatic rings. The summed E-state index contributed by atoms with van der Waals surface area (Å²) in [5.74, 6) is 13.3. The summed E-state index contributed by atoms with van der Waals surface area (Å²) in [6.07, 6.45) is 9.82. The number of nitrogens with zero attached hydrogens (tertiary/aromatic N) is 2. The van der Waals surface area contributed by atoms with E-state index in [1.54, 1.807) is 0 Å². The Labute approximate surface area is 244 Å². The van der Waals surface area contributed by atoms with E-state index in [-0.39, 0.29) is 0 Å². The molecule has 0 unspecified atom stereocenters. The van der Waals surface area contributed by atoms with E-state index < -0.39 is 0 Å². The van der Waals surface area contributed by atoms with Crippen LogP contribution in [0.1, 0.15) is 101 Å². The van der Waals surface area contributed by atoms with Crippen molar-refractivity contribution in [3.8, 4) is 23.7 Å². The van der Waals surface area contributed by atoms with Gasteiger partial charge in [0.2, 0.25) is 0 Å². The van der Waals surface area contributed by atoms with Crippen LogP contribution in [0, 0.1) is 23.7 Å². The summed E-state index contributed by atoms with van der Waals surface area (Å²) < 4.78 is 0. The molecule has 0 radical (unpaired) electrons. The van der Waals surface area contributed by atoms with Crippen LogP contribution in [0.4, 0.5) is 11.4 Å². The van der Waals surface area contributed by atoms with Gasteiger partial charge in [-0.05, 0) is 98.5 Å². The Kier molecular flexibility index (Phi) is 13.8. The Hall–Kier alpha value is -3.62. The third-order valence-electron chi connectivity index (χ3n) is 7.18. The molecule has 210 valence electrons. The predicted molar refractivity (Wildman–Crippen MR) is 175 cm³/mol. The standard InChI is InChI=1S/C38H48N2/c1-5-9-29-39(30-10-6-2)37-25-21-35(22-26-37)19-17-33-13-15-34(16-14-33)18-20-36-23-27-38(28-24-36)40(31-11-7-3)32-12-8-4/h13-16,21-28H,5-12,29-32H2,1-4H3. The molecule has 0 amide bonds. The van der Waals surface area contributed by atoms with E-state index in [1.165, 1.54) is 62.7 Å². The lowest BCUT2D eigenvalue weighted by Crippen LogP contribution is -2.25. The average molecular weight is 533 g/mol. The van der Waals surface area contributed by atoms with Crippen LogP contribution in [0.3, 0.4) is 0 Å². The van der Waals surface area contributed by atoms with Gasteiger partial charge in [0.05, 0.1) is 0 Å². The SMILES string of the molecule is CCCCN(CCCC)c1ccc(C#Cc2ccc(C#Cc3ccc(N(CCCC)CCCC)cc3)cc2)cc1. The second-order valence-electron chi connectivity index (χ2n) is 10.6. The fraction of sp³-hybridized carbons (Fsp3) is 0.421. The molecule has 3 aromatic carbocycles. The number of hydrogen-bond acceptors (Lipinski definition) is 2. The van der Waals surface area contributed by atoms with E-state index >= 15 is 0 Å². The average Bonchev–Trinajstić information content (AvgIpc) is 3.00. The Morgan fingerprint density at radius 1 is 0.375 bits per heavy atom. The van der Waals surface area contributed by atoms with Gasteiger partial charge in [0, 0.05) is 59.8 Å². The van der Waals surface area contributed by atoms with E-state index in [0.717, 1.165) is 48.4 Å². The Morgan fingerprint density at radius 2 is 0.600 bits per heavy atom. The van der Waals surface area contributed by atoms with Crippen LogP contribution in [0.2, 0.25) is 0 Å². The van der Waals surface area contributed by atoms with E-state index in [4.69, 9.17) is 0 Å². The molecule has 40 heavy (non-hydrogen) atoms. The van der Waals surface area contributed by atoms with Gasteiger partial charge in [0.1, 0.15) is 0 Å². The van der Waals surface area contributed by atoms with Crippen LogP contribution < -0.4 is 9.80 Å². The van der Waals surface area contributed by atoms with Crippen molar-refractivity contribution in [3.05, 3.63) is 95.1 Å². The highest BCUT2D eigenvalue weighted by atomic mass is 15.1. The number of rotatable bonds is 14. The summed E-state index contributed by atoms with van der Waals surface area (Å²) in [6.45, 7) is 13.5. The summed E-state index contributed by atoms with van der Waals surface area (Å²) >= 11 is 0. The lowest BCUT2D eigenvalue weighted by atomic mass is 10.1. The molecule has 0 saturated carbocycles. The van der Waals surface area contributed by atoms with E-state index in [1.807, 2.05) is 0 Å². The molecule has 3 rings (SSSR count). The van der Waals surface area contributed by atoms with Crippen molar-refractivity contribution < 1.29 is 0 Å². The van der Waals surface area contributed by atoms with Gasteiger partial charge < -0.3 is 9.80 Å².